The van der Waals surface area contributed by atoms with Gasteiger partial charge in [-0.1, -0.05) is 29.8 Å². The minimum Gasteiger partial charge on any atom is -0.480 e. The van der Waals surface area contributed by atoms with Crippen molar-refractivity contribution in [2.24, 2.45) is 0 Å². The Morgan fingerprint density at radius 1 is 1.35 bits per heavy atom. The molecular formula is C13H20ClNO2. The zero-order valence-corrected chi connectivity index (χ0v) is 11.3. The van der Waals surface area contributed by atoms with Crippen LogP contribution in [0.5, 0.6) is 0 Å². The standard InChI is InChI=1S/C13H19NO2.ClH/c1-10-4-6-12(7-5-10)8-9-14(3)11(2)13(15)16;/h4-7,11H,8-9H2,1-3H3,(H,15,16);1H. The Balaban J connectivity index is 0.00000256. The van der Waals surface area contributed by atoms with Crippen LogP contribution in [-0.2, 0) is 11.2 Å². The number of benzene rings is 1. The second-order valence-electron chi connectivity index (χ2n) is 4.23. The number of hydrogen-bond donors (Lipinski definition) is 1. The number of aryl methyl sites for hydroxylation is 1. The van der Waals surface area contributed by atoms with Crippen molar-refractivity contribution in [2.75, 3.05) is 13.6 Å². The number of halogens is 1. The molecule has 96 valence electrons. The first kappa shape index (κ1) is 15.9. The molecule has 17 heavy (non-hydrogen) atoms. The molecule has 1 aromatic carbocycles. The van der Waals surface area contributed by atoms with Gasteiger partial charge >= 0.3 is 5.97 Å². The van der Waals surface area contributed by atoms with E-state index in [9.17, 15) is 4.79 Å². The molecule has 0 saturated heterocycles. The van der Waals surface area contributed by atoms with Crippen molar-refractivity contribution in [2.45, 2.75) is 26.3 Å². The third-order valence-corrected chi connectivity index (χ3v) is 2.89. The quantitative estimate of drug-likeness (QED) is 0.880. The molecule has 1 rings (SSSR count). The third-order valence-electron chi connectivity index (χ3n) is 2.89. The summed E-state index contributed by atoms with van der Waals surface area (Å²) in [5.41, 5.74) is 2.49. The lowest BCUT2D eigenvalue weighted by atomic mass is 10.1. The van der Waals surface area contributed by atoms with Crippen LogP contribution in [0.2, 0.25) is 0 Å². The van der Waals surface area contributed by atoms with E-state index < -0.39 is 12.0 Å². The molecule has 0 radical (unpaired) electrons. The van der Waals surface area contributed by atoms with Crippen LogP contribution < -0.4 is 0 Å². The van der Waals surface area contributed by atoms with Crippen LogP contribution in [0.25, 0.3) is 0 Å². The summed E-state index contributed by atoms with van der Waals surface area (Å²) in [5, 5.41) is 8.84. The van der Waals surface area contributed by atoms with E-state index in [0.29, 0.717) is 0 Å². The molecule has 0 aliphatic rings. The highest BCUT2D eigenvalue weighted by Crippen LogP contribution is 2.05. The molecule has 4 heteroatoms. The summed E-state index contributed by atoms with van der Waals surface area (Å²) in [4.78, 5) is 12.6. The predicted molar refractivity (Wildman–Crippen MR) is 71.9 cm³/mol. The number of aliphatic carboxylic acids is 1. The third kappa shape index (κ3) is 5.20. The highest BCUT2D eigenvalue weighted by Gasteiger charge is 2.15. The second kappa shape index (κ2) is 7.30. The molecule has 0 bridgehead atoms. The van der Waals surface area contributed by atoms with Crippen molar-refractivity contribution in [1.82, 2.24) is 4.90 Å². The van der Waals surface area contributed by atoms with E-state index in [1.807, 2.05) is 11.9 Å². The molecule has 0 aromatic heterocycles. The van der Waals surface area contributed by atoms with Crippen molar-refractivity contribution in [1.29, 1.82) is 0 Å². The fraction of sp³-hybridized carbons (Fsp3) is 0.462. The molecule has 1 unspecified atom stereocenters. The number of hydrogen-bond acceptors (Lipinski definition) is 2. The maximum absolute atomic E-state index is 10.8. The molecule has 0 saturated carbocycles. The molecule has 0 aliphatic heterocycles. The average Bonchev–Trinajstić information content (AvgIpc) is 2.26. The summed E-state index contributed by atoms with van der Waals surface area (Å²) in [6.07, 6.45) is 0.883. The summed E-state index contributed by atoms with van der Waals surface area (Å²) in [6, 6.07) is 7.92. The van der Waals surface area contributed by atoms with Gasteiger partial charge in [-0.2, -0.15) is 0 Å². The fourth-order valence-corrected chi connectivity index (χ4v) is 1.44. The number of carbonyl (C=O) groups is 1. The molecule has 0 amide bonds. The van der Waals surface area contributed by atoms with Gasteiger partial charge in [-0.25, -0.2) is 0 Å². The van der Waals surface area contributed by atoms with Crippen molar-refractivity contribution in [3.63, 3.8) is 0 Å². The van der Waals surface area contributed by atoms with Gasteiger partial charge in [-0.05, 0) is 32.9 Å². The van der Waals surface area contributed by atoms with E-state index in [1.54, 1.807) is 6.92 Å². The van der Waals surface area contributed by atoms with Crippen LogP contribution in [0.15, 0.2) is 24.3 Å². The van der Waals surface area contributed by atoms with E-state index in [-0.39, 0.29) is 12.4 Å². The summed E-state index contributed by atoms with van der Waals surface area (Å²) < 4.78 is 0. The Labute approximate surface area is 109 Å². The van der Waals surface area contributed by atoms with E-state index in [1.165, 1.54) is 11.1 Å². The Bertz CT molecular complexity index is 351. The molecular weight excluding hydrogens is 238 g/mol. The smallest absolute Gasteiger partial charge is 0.320 e. The van der Waals surface area contributed by atoms with Crippen LogP contribution in [0.1, 0.15) is 18.1 Å². The zero-order valence-electron chi connectivity index (χ0n) is 10.5. The summed E-state index contributed by atoms with van der Waals surface area (Å²) >= 11 is 0. The molecule has 0 fully saturated rings. The SMILES string of the molecule is Cc1ccc(CCN(C)C(C)C(=O)O)cc1.Cl. The van der Waals surface area contributed by atoms with Gasteiger partial charge in [0.15, 0.2) is 0 Å². The highest BCUT2D eigenvalue weighted by atomic mass is 35.5. The van der Waals surface area contributed by atoms with E-state index in [0.717, 1.165) is 13.0 Å². The van der Waals surface area contributed by atoms with E-state index >= 15 is 0 Å². The highest BCUT2D eigenvalue weighted by molar-refractivity contribution is 5.85. The lowest BCUT2D eigenvalue weighted by Gasteiger charge is -2.20. The zero-order chi connectivity index (χ0) is 12.1. The van der Waals surface area contributed by atoms with Gasteiger partial charge in [-0.15, -0.1) is 12.4 Å². The molecule has 1 atom stereocenters. The first-order valence-electron chi connectivity index (χ1n) is 5.49. The maximum atomic E-state index is 10.8. The summed E-state index contributed by atoms with van der Waals surface area (Å²) in [5.74, 6) is -0.772. The topological polar surface area (TPSA) is 40.5 Å². The lowest BCUT2D eigenvalue weighted by Crippen LogP contribution is -2.37. The van der Waals surface area contributed by atoms with E-state index in [2.05, 4.69) is 31.2 Å². The molecule has 0 aliphatic carbocycles. The van der Waals surface area contributed by atoms with Gasteiger partial charge in [-0.3, -0.25) is 9.69 Å². The van der Waals surface area contributed by atoms with Crippen LogP contribution in [0.3, 0.4) is 0 Å². The number of rotatable bonds is 5. The Hall–Kier alpha value is -1.06. The van der Waals surface area contributed by atoms with Crippen molar-refractivity contribution in [3.05, 3.63) is 35.4 Å². The van der Waals surface area contributed by atoms with Gasteiger partial charge in [0.05, 0.1) is 0 Å². The number of carboxylic acid groups (broad SMARTS) is 1. The first-order chi connectivity index (χ1) is 7.50. The van der Waals surface area contributed by atoms with Gasteiger partial charge in [0.25, 0.3) is 0 Å². The predicted octanol–water partition coefficient (Wildman–Crippen LogP) is 2.36. The molecule has 0 spiro atoms. The van der Waals surface area contributed by atoms with Crippen LogP contribution in [0, 0.1) is 6.92 Å². The second-order valence-corrected chi connectivity index (χ2v) is 4.23. The molecule has 1 aromatic rings. The number of carboxylic acids is 1. The monoisotopic (exact) mass is 257 g/mol. The molecule has 0 heterocycles. The van der Waals surface area contributed by atoms with Gasteiger partial charge in [0.2, 0.25) is 0 Å². The Morgan fingerprint density at radius 3 is 2.35 bits per heavy atom. The summed E-state index contributed by atoms with van der Waals surface area (Å²) in [6.45, 7) is 4.52. The Kier molecular flexibility index (Phi) is 6.85. The number of nitrogens with zero attached hydrogens (tertiary/aromatic N) is 1. The van der Waals surface area contributed by atoms with E-state index in [4.69, 9.17) is 5.11 Å². The van der Waals surface area contributed by atoms with Gasteiger partial charge < -0.3 is 5.11 Å². The van der Waals surface area contributed by atoms with Crippen LogP contribution >= 0.6 is 12.4 Å². The van der Waals surface area contributed by atoms with Gasteiger partial charge in [0.1, 0.15) is 6.04 Å². The Morgan fingerprint density at radius 2 is 1.88 bits per heavy atom. The fourth-order valence-electron chi connectivity index (χ4n) is 1.44. The maximum Gasteiger partial charge on any atom is 0.320 e. The van der Waals surface area contributed by atoms with Crippen molar-refractivity contribution >= 4 is 18.4 Å². The van der Waals surface area contributed by atoms with Crippen molar-refractivity contribution < 1.29 is 9.90 Å². The average molecular weight is 258 g/mol. The van der Waals surface area contributed by atoms with Gasteiger partial charge in [0, 0.05) is 6.54 Å². The minimum atomic E-state index is -0.772. The number of likely N-dealkylation sites (N-methyl/N-ethyl adjacent to an activating group) is 1. The van der Waals surface area contributed by atoms with Crippen LogP contribution in [0.4, 0.5) is 0 Å². The lowest BCUT2D eigenvalue weighted by molar-refractivity contribution is -0.142. The summed E-state index contributed by atoms with van der Waals surface area (Å²) in [7, 11) is 1.84. The first-order valence-corrected chi connectivity index (χ1v) is 5.49. The molecule has 1 N–H and O–H groups in total. The van der Waals surface area contributed by atoms with Crippen LogP contribution in [-0.4, -0.2) is 35.6 Å². The molecule has 3 nitrogen and oxygen atoms in total. The normalized spacial score (nSPS) is 12.0. The van der Waals surface area contributed by atoms with Crippen molar-refractivity contribution in [3.8, 4) is 0 Å². The minimum absolute atomic E-state index is 0. The largest absolute Gasteiger partial charge is 0.480 e.